The monoisotopic (exact) mass is 362 g/mol. The van der Waals surface area contributed by atoms with E-state index in [9.17, 15) is 9.59 Å². The van der Waals surface area contributed by atoms with Gasteiger partial charge in [0.2, 0.25) is 11.8 Å². The Balaban J connectivity index is 0.00000242. The molecule has 0 bridgehead atoms. The summed E-state index contributed by atoms with van der Waals surface area (Å²) >= 11 is 0. The second-order valence-corrected chi connectivity index (χ2v) is 5.05. The molecule has 0 spiro atoms. The van der Waals surface area contributed by atoms with Crippen LogP contribution < -0.4 is 16.0 Å². The Hall–Kier alpha value is -1.34. The van der Waals surface area contributed by atoms with E-state index in [1.165, 1.54) is 0 Å². The Kier molecular flexibility index (Phi) is 10.6. The number of carbonyl (C=O) groups is 2. The molecule has 1 aliphatic heterocycles. The topological polar surface area (TPSA) is 73.5 Å². The van der Waals surface area contributed by atoms with E-state index in [1.54, 1.807) is 7.05 Å². The summed E-state index contributed by atoms with van der Waals surface area (Å²) < 4.78 is 0. The van der Waals surface area contributed by atoms with E-state index in [0.29, 0.717) is 6.54 Å². The standard InChI is InChI=1S/C15H22N4O2.2ClH/c1-16-15(21)14(12-5-3-2-4-6-12)18-13(20)11-19-9-7-17-8-10-19;;/h2-6,14,17H,7-11H2,1H3,(H,16,21)(H,18,20);2*1H. The van der Waals surface area contributed by atoms with Crippen molar-refractivity contribution in [3.63, 3.8) is 0 Å². The molecule has 23 heavy (non-hydrogen) atoms. The first-order chi connectivity index (χ1) is 10.2. The molecule has 1 aliphatic rings. The average Bonchev–Trinajstić information content (AvgIpc) is 2.53. The number of nitrogens with zero attached hydrogens (tertiary/aromatic N) is 1. The summed E-state index contributed by atoms with van der Waals surface area (Å²) in [5.74, 6) is -0.343. The van der Waals surface area contributed by atoms with Crippen LogP contribution in [0.15, 0.2) is 30.3 Å². The number of hydrogen-bond acceptors (Lipinski definition) is 4. The Morgan fingerprint density at radius 2 is 1.78 bits per heavy atom. The highest BCUT2D eigenvalue weighted by atomic mass is 35.5. The minimum Gasteiger partial charge on any atom is -0.357 e. The summed E-state index contributed by atoms with van der Waals surface area (Å²) in [6, 6.07) is 8.62. The first kappa shape index (κ1) is 21.7. The molecule has 1 unspecified atom stereocenters. The summed E-state index contributed by atoms with van der Waals surface area (Å²) in [5, 5.41) is 8.66. The fraction of sp³-hybridized carbons (Fsp3) is 0.467. The van der Waals surface area contributed by atoms with Crippen LogP contribution in [0.25, 0.3) is 0 Å². The second kappa shape index (κ2) is 11.2. The molecule has 2 rings (SSSR count). The highest BCUT2D eigenvalue weighted by Crippen LogP contribution is 2.12. The smallest absolute Gasteiger partial charge is 0.246 e. The molecule has 1 saturated heterocycles. The van der Waals surface area contributed by atoms with Gasteiger partial charge < -0.3 is 16.0 Å². The van der Waals surface area contributed by atoms with E-state index in [0.717, 1.165) is 31.7 Å². The van der Waals surface area contributed by atoms with E-state index in [4.69, 9.17) is 0 Å². The molecule has 0 saturated carbocycles. The lowest BCUT2D eigenvalue weighted by atomic mass is 10.1. The lowest BCUT2D eigenvalue weighted by Gasteiger charge is -2.27. The maximum absolute atomic E-state index is 12.2. The van der Waals surface area contributed by atoms with Crippen LogP contribution in [-0.2, 0) is 9.59 Å². The zero-order valence-electron chi connectivity index (χ0n) is 13.1. The molecule has 0 radical (unpaired) electrons. The first-order valence-electron chi connectivity index (χ1n) is 7.19. The van der Waals surface area contributed by atoms with Gasteiger partial charge in [0.25, 0.3) is 0 Å². The lowest BCUT2D eigenvalue weighted by molar-refractivity contribution is -0.129. The van der Waals surface area contributed by atoms with Crippen LogP contribution in [0.5, 0.6) is 0 Å². The van der Waals surface area contributed by atoms with Gasteiger partial charge >= 0.3 is 0 Å². The van der Waals surface area contributed by atoms with Crippen molar-refractivity contribution in [1.29, 1.82) is 0 Å². The van der Waals surface area contributed by atoms with E-state index in [1.807, 2.05) is 30.3 Å². The third kappa shape index (κ3) is 6.74. The number of carbonyl (C=O) groups excluding carboxylic acids is 2. The van der Waals surface area contributed by atoms with Gasteiger partial charge in [0.1, 0.15) is 6.04 Å². The normalized spacial score (nSPS) is 15.5. The SMILES string of the molecule is CNC(=O)C(NC(=O)CN1CCNCC1)c1ccccc1.Cl.Cl. The van der Waals surface area contributed by atoms with Gasteiger partial charge in [-0.1, -0.05) is 30.3 Å². The van der Waals surface area contributed by atoms with Crippen LogP contribution >= 0.6 is 24.8 Å². The molecule has 1 fully saturated rings. The first-order valence-corrected chi connectivity index (χ1v) is 7.19. The Labute approximate surface area is 149 Å². The molecule has 1 aromatic carbocycles. The average molecular weight is 363 g/mol. The van der Waals surface area contributed by atoms with Crippen molar-refractivity contribution >= 4 is 36.6 Å². The number of benzene rings is 1. The van der Waals surface area contributed by atoms with Crippen molar-refractivity contribution in [1.82, 2.24) is 20.9 Å². The molecule has 0 aromatic heterocycles. The fourth-order valence-electron chi connectivity index (χ4n) is 2.37. The van der Waals surface area contributed by atoms with Crippen LogP contribution in [0.3, 0.4) is 0 Å². The van der Waals surface area contributed by atoms with E-state index >= 15 is 0 Å². The van der Waals surface area contributed by atoms with Crippen LogP contribution in [0.1, 0.15) is 11.6 Å². The number of halogens is 2. The van der Waals surface area contributed by atoms with Crippen LogP contribution in [-0.4, -0.2) is 56.5 Å². The molecule has 1 atom stereocenters. The molecule has 2 amide bonds. The summed E-state index contributed by atoms with van der Waals surface area (Å²) in [7, 11) is 1.57. The quantitative estimate of drug-likeness (QED) is 0.706. The largest absolute Gasteiger partial charge is 0.357 e. The van der Waals surface area contributed by atoms with E-state index in [2.05, 4.69) is 20.9 Å². The third-order valence-electron chi connectivity index (χ3n) is 3.52. The minimum atomic E-state index is -0.647. The van der Waals surface area contributed by atoms with Gasteiger partial charge in [0.15, 0.2) is 0 Å². The lowest BCUT2D eigenvalue weighted by Crippen LogP contribution is -2.49. The van der Waals surface area contributed by atoms with Crippen molar-refractivity contribution in [2.24, 2.45) is 0 Å². The molecule has 3 N–H and O–H groups in total. The van der Waals surface area contributed by atoms with Crippen LogP contribution in [0.4, 0.5) is 0 Å². The highest BCUT2D eigenvalue weighted by Gasteiger charge is 2.22. The molecule has 6 nitrogen and oxygen atoms in total. The van der Waals surface area contributed by atoms with Gasteiger partial charge in [-0.2, -0.15) is 0 Å². The number of nitrogens with one attached hydrogen (secondary N) is 3. The molecule has 0 aliphatic carbocycles. The number of hydrogen-bond donors (Lipinski definition) is 3. The van der Waals surface area contributed by atoms with Crippen molar-refractivity contribution < 1.29 is 9.59 Å². The number of rotatable bonds is 5. The Morgan fingerprint density at radius 1 is 1.17 bits per heavy atom. The van der Waals surface area contributed by atoms with Crippen LogP contribution in [0, 0.1) is 0 Å². The van der Waals surface area contributed by atoms with Gasteiger partial charge in [0.05, 0.1) is 6.54 Å². The van der Waals surface area contributed by atoms with Crippen LogP contribution in [0.2, 0.25) is 0 Å². The van der Waals surface area contributed by atoms with Crippen molar-refractivity contribution in [2.45, 2.75) is 6.04 Å². The fourth-order valence-corrected chi connectivity index (χ4v) is 2.37. The number of likely N-dealkylation sites (N-methyl/N-ethyl adjacent to an activating group) is 1. The summed E-state index contributed by atoms with van der Waals surface area (Å²) in [6.07, 6.45) is 0. The molecule has 130 valence electrons. The number of piperazine rings is 1. The highest BCUT2D eigenvalue weighted by molar-refractivity contribution is 5.89. The summed E-state index contributed by atoms with van der Waals surface area (Å²) in [6.45, 7) is 3.81. The van der Waals surface area contributed by atoms with Gasteiger partial charge in [0, 0.05) is 33.2 Å². The van der Waals surface area contributed by atoms with E-state index < -0.39 is 6.04 Å². The molecular weight excluding hydrogens is 339 g/mol. The second-order valence-electron chi connectivity index (χ2n) is 5.05. The maximum atomic E-state index is 12.2. The van der Waals surface area contributed by atoms with Gasteiger partial charge in [-0.3, -0.25) is 14.5 Å². The molecule has 1 aromatic rings. The van der Waals surface area contributed by atoms with Gasteiger partial charge in [-0.05, 0) is 5.56 Å². The molecule has 1 heterocycles. The summed E-state index contributed by atoms with van der Waals surface area (Å²) in [4.78, 5) is 26.2. The Bertz CT molecular complexity index is 482. The summed E-state index contributed by atoms with van der Waals surface area (Å²) in [5.41, 5.74) is 0.783. The molecule has 8 heteroatoms. The van der Waals surface area contributed by atoms with Crippen molar-refractivity contribution in [3.8, 4) is 0 Å². The maximum Gasteiger partial charge on any atom is 0.246 e. The zero-order valence-corrected chi connectivity index (χ0v) is 14.7. The van der Waals surface area contributed by atoms with Gasteiger partial charge in [-0.25, -0.2) is 0 Å². The predicted octanol–water partition coefficient (Wildman–Crippen LogP) is 0.339. The van der Waals surface area contributed by atoms with E-state index in [-0.39, 0.29) is 36.6 Å². The van der Waals surface area contributed by atoms with Crippen molar-refractivity contribution in [2.75, 3.05) is 39.8 Å². The number of amides is 2. The molecular formula is C15H24Cl2N4O2. The zero-order chi connectivity index (χ0) is 15.1. The predicted molar refractivity (Wildman–Crippen MR) is 95.2 cm³/mol. The minimum absolute atomic E-state index is 0. The Morgan fingerprint density at radius 3 is 2.35 bits per heavy atom. The van der Waals surface area contributed by atoms with Crippen molar-refractivity contribution in [3.05, 3.63) is 35.9 Å². The third-order valence-corrected chi connectivity index (χ3v) is 3.52. The van der Waals surface area contributed by atoms with Gasteiger partial charge in [-0.15, -0.1) is 24.8 Å².